The van der Waals surface area contributed by atoms with Gasteiger partial charge in [0.1, 0.15) is 5.75 Å². The van der Waals surface area contributed by atoms with Crippen LogP contribution in [0.2, 0.25) is 0 Å². The Morgan fingerprint density at radius 3 is 2.90 bits per heavy atom. The number of aliphatic hydroxyl groups is 1. The molecule has 1 amide bonds. The van der Waals surface area contributed by atoms with Crippen molar-refractivity contribution >= 4 is 5.91 Å². The highest BCUT2D eigenvalue weighted by atomic mass is 16.5. The molecule has 1 saturated carbocycles. The summed E-state index contributed by atoms with van der Waals surface area (Å²) in [5, 5.41) is 9.92. The van der Waals surface area contributed by atoms with Gasteiger partial charge in [-0.25, -0.2) is 0 Å². The van der Waals surface area contributed by atoms with Crippen LogP contribution in [0.25, 0.3) is 0 Å². The minimum Gasteiger partial charge on any atom is -0.496 e. The molecule has 3 atom stereocenters. The zero-order valence-electron chi connectivity index (χ0n) is 12.5. The van der Waals surface area contributed by atoms with Gasteiger partial charge in [0.2, 0.25) is 5.91 Å². The molecule has 0 bridgehead atoms. The third-order valence-electron chi connectivity index (χ3n) is 4.97. The van der Waals surface area contributed by atoms with E-state index in [-0.39, 0.29) is 12.0 Å². The number of likely N-dealkylation sites (tertiary alicyclic amines) is 1. The van der Waals surface area contributed by atoms with Gasteiger partial charge in [-0.2, -0.15) is 0 Å². The Morgan fingerprint density at radius 2 is 2.14 bits per heavy atom. The smallest absolute Gasteiger partial charge is 0.222 e. The first-order chi connectivity index (χ1) is 10.2. The zero-order valence-corrected chi connectivity index (χ0v) is 12.5. The molecule has 1 aliphatic heterocycles. The second-order valence-electron chi connectivity index (χ2n) is 6.18. The van der Waals surface area contributed by atoms with Crippen molar-refractivity contribution in [1.29, 1.82) is 0 Å². The Balaban J connectivity index is 1.55. The van der Waals surface area contributed by atoms with E-state index >= 15 is 0 Å². The highest BCUT2D eigenvalue weighted by molar-refractivity contribution is 5.77. The average Bonchev–Trinajstić information content (AvgIpc) is 3.07. The number of carbonyl (C=O) groups is 1. The molecule has 3 unspecified atom stereocenters. The molecule has 0 spiro atoms. The van der Waals surface area contributed by atoms with Gasteiger partial charge in [0, 0.05) is 25.4 Å². The molecular formula is C17H23NO3. The largest absolute Gasteiger partial charge is 0.496 e. The van der Waals surface area contributed by atoms with Gasteiger partial charge in [-0.05, 0) is 36.8 Å². The van der Waals surface area contributed by atoms with Gasteiger partial charge in [-0.3, -0.25) is 4.79 Å². The molecule has 114 valence electrons. The lowest BCUT2D eigenvalue weighted by Gasteiger charge is -2.18. The predicted octanol–water partition coefficient (Wildman–Crippen LogP) is 1.86. The fraction of sp³-hybridized carbons (Fsp3) is 0.588. The van der Waals surface area contributed by atoms with Gasteiger partial charge in [-0.15, -0.1) is 0 Å². The predicted molar refractivity (Wildman–Crippen MR) is 80.1 cm³/mol. The fourth-order valence-corrected chi connectivity index (χ4v) is 3.75. The van der Waals surface area contributed by atoms with Gasteiger partial charge < -0.3 is 14.7 Å². The summed E-state index contributed by atoms with van der Waals surface area (Å²) in [5.41, 5.74) is 1.08. The van der Waals surface area contributed by atoms with E-state index in [1.165, 1.54) is 0 Å². The van der Waals surface area contributed by atoms with E-state index in [2.05, 4.69) is 0 Å². The summed E-state index contributed by atoms with van der Waals surface area (Å²) in [6, 6.07) is 7.84. The number of carbonyl (C=O) groups excluding carboxylic acids is 1. The molecule has 2 fully saturated rings. The lowest BCUT2D eigenvalue weighted by atomic mass is 10.00. The molecule has 2 aliphatic rings. The van der Waals surface area contributed by atoms with Crippen LogP contribution >= 0.6 is 0 Å². The van der Waals surface area contributed by atoms with Crippen LogP contribution in [0.4, 0.5) is 0 Å². The van der Waals surface area contributed by atoms with Gasteiger partial charge in [-0.1, -0.05) is 18.2 Å². The number of hydrogen-bond acceptors (Lipinski definition) is 3. The zero-order chi connectivity index (χ0) is 14.8. The second-order valence-corrected chi connectivity index (χ2v) is 6.18. The molecule has 1 heterocycles. The van der Waals surface area contributed by atoms with E-state index < -0.39 is 0 Å². The number of aryl methyl sites for hydroxylation is 1. The SMILES string of the molecule is COc1ccccc1CCC(=O)N1CC2CCC(O)C2C1. The Morgan fingerprint density at radius 1 is 1.33 bits per heavy atom. The normalized spacial score (nSPS) is 27.7. The average molecular weight is 289 g/mol. The summed E-state index contributed by atoms with van der Waals surface area (Å²) >= 11 is 0. The molecule has 3 rings (SSSR count). The molecule has 4 nitrogen and oxygen atoms in total. The second kappa shape index (κ2) is 6.06. The number of hydrogen-bond donors (Lipinski definition) is 1. The number of para-hydroxylation sites is 1. The van der Waals surface area contributed by atoms with Gasteiger partial charge >= 0.3 is 0 Å². The van der Waals surface area contributed by atoms with Crippen LogP contribution in [-0.2, 0) is 11.2 Å². The van der Waals surface area contributed by atoms with E-state index in [4.69, 9.17) is 4.74 Å². The van der Waals surface area contributed by atoms with Gasteiger partial charge in [0.25, 0.3) is 0 Å². The summed E-state index contributed by atoms with van der Waals surface area (Å²) in [6.45, 7) is 1.56. The molecule has 1 saturated heterocycles. The Labute approximate surface area is 125 Å². The van der Waals surface area contributed by atoms with E-state index in [9.17, 15) is 9.90 Å². The first-order valence-electron chi connectivity index (χ1n) is 7.76. The number of methoxy groups -OCH3 is 1. The number of rotatable bonds is 4. The summed E-state index contributed by atoms with van der Waals surface area (Å²) in [6.07, 6.45) is 2.97. The highest BCUT2D eigenvalue weighted by Crippen LogP contribution is 2.38. The third-order valence-corrected chi connectivity index (χ3v) is 4.97. The van der Waals surface area contributed by atoms with Crippen molar-refractivity contribution in [3.8, 4) is 5.75 Å². The minimum atomic E-state index is -0.206. The maximum Gasteiger partial charge on any atom is 0.222 e. The standard InChI is InChI=1S/C17H23NO3/c1-21-16-5-3-2-4-12(16)7-9-17(20)18-10-13-6-8-15(19)14(13)11-18/h2-5,13-15,19H,6-11H2,1H3. The number of fused-ring (bicyclic) bond motifs is 1. The van der Waals surface area contributed by atoms with Crippen LogP contribution in [0.15, 0.2) is 24.3 Å². The monoisotopic (exact) mass is 289 g/mol. The number of aliphatic hydroxyl groups excluding tert-OH is 1. The molecule has 0 radical (unpaired) electrons. The minimum absolute atomic E-state index is 0.197. The number of amides is 1. The Hall–Kier alpha value is -1.55. The molecule has 21 heavy (non-hydrogen) atoms. The Kier molecular flexibility index (Phi) is 4.15. The van der Waals surface area contributed by atoms with Crippen molar-refractivity contribution in [2.45, 2.75) is 31.8 Å². The number of benzene rings is 1. The summed E-state index contributed by atoms with van der Waals surface area (Å²) in [5.74, 6) is 1.86. The number of nitrogens with zero attached hydrogens (tertiary/aromatic N) is 1. The first kappa shape index (κ1) is 14.4. The lowest BCUT2D eigenvalue weighted by Crippen LogP contribution is -2.31. The maximum absolute atomic E-state index is 12.4. The quantitative estimate of drug-likeness (QED) is 0.920. The first-order valence-corrected chi connectivity index (χ1v) is 7.76. The molecule has 4 heteroatoms. The van der Waals surface area contributed by atoms with Crippen molar-refractivity contribution in [2.24, 2.45) is 11.8 Å². The summed E-state index contributed by atoms with van der Waals surface area (Å²) in [7, 11) is 1.66. The van der Waals surface area contributed by atoms with Gasteiger partial charge in [0.05, 0.1) is 13.2 Å². The molecule has 0 aromatic heterocycles. The van der Waals surface area contributed by atoms with E-state index in [0.29, 0.717) is 24.7 Å². The molecule has 1 N–H and O–H groups in total. The topological polar surface area (TPSA) is 49.8 Å². The van der Waals surface area contributed by atoms with E-state index in [1.807, 2.05) is 29.2 Å². The van der Waals surface area contributed by atoms with E-state index in [0.717, 1.165) is 37.2 Å². The van der Waals surface area contributed by atoms with Crippen LogP contribution in [0.5, 0.6) is 5.75 Å². The van der Waals surface area contributed by atoms with Crippen LogP contribution < -0.4 is 4.74 Å². The van der Waals surface area contributed by atoms with Crippen molar-refractivity contribution in [3.05, 3.63) is 29.8 Å². The van der Waals surface area contributed by atoms with Crippen molar-refractivity contribution < 1.29 is 14.6 Å². The third kappa shape index (κ3) is 2.91. The van der Waals surface area contributed by atoms with Crippen molar-refractivity contribution in [1.82, 2.24) is 4.90 Å². The Bertz CT molecular complexity index is 517. The summed E-state index contributed by atoms with van der Waals surface area (Å²) in [4.78, 5) is 14.3. The van der Waals surface area contributed by atoms with Crippen LogP contribution in [0.3, 0.4) is 0 Å². The summed E-state index contributed by atoms with van der Waals surface area (Å²) < 4.78 is 5.32. The van der Waals surface area contributed by atoms with Crippen molar-refractivity contribution in [2.75, 3.05) is 20.2 Å². The number of ether oxygens (including phenoxy) is 1. The van der Waals surface area contributed by atoms with Crippen molar-refractivity contribution in [3.63, 3.8) is 0 Å². The van der Waals surface area contributed by atoms with Crippen LogP contribution in [0, 0.1) is 11.8 Å². The van der Waals surface area contributed by atoms with E-state index in [1.54, 1.807) is 7.11 Å². The van der Waals surface area contributed by atoms with Crippen LogP contribution in [-0.4, -0.2) is 42.2 Å². The molecule has 1 aliphatic carbocycles. The van der Waals surface area contributed by atoms with Crippen LogP contribution in [0.1, 0.15) is 24.8 Å². The molecule has 1 aromatic rings. The maximum atomic E-state index is 12.4. The fourth-order valence-electron chi connectivity index (χ4n) is 3.75. The lowest BCUT2D eigenvalue weighted by molar-refractivity contribution is -0.130. The molecular weight excluding hydrogens is 266 g/mol. The highest BCUT2D eigenvalue weighted by Gasteiger charge is 2.42. The molecule has 1 aromatic carbocycles. The van der Waals surface area contributed by atoms with Gasteiger partial charge in [0.15, 0.2) is 0 Å².